The molecule has 3 rings (SSSR count). The standard InChI is InChI=1S/C20H25ClN6O4/c1-22-17-16-18(26-19(21)25-17)27(12-24-16)8-4-5-9-31-20(28)23-11-13-6-7-14(29-2)15(10-13)30-3/h6-7,10,12H,4-5,8-9,11H2,1-3H3,(H,23,28)(H,22,25,26). The highest BCUT2D eigenvalue weighted by Gasteiger charge is 2.11. The maximum atomic E-state index is 11.9. The summed E-state index contributed by atoms with van der Waals surface area (Å²) >= 11 is 5.98. The van der Waals surface area contributed by atoms with E-state index in [1.54, 1.807) is 33.7 Å². The first kappa shape index (κ1) is 22.4. The van der Waals surface area contributed by atoms with Crippen molar-refractivity contribution >= 4 is 34.7 Å². The number of methoxy groups -OCH3 is 2. The summed E-state index contributed by atoms with van der Waals surface area (Å²) in [5.41, 5.74) is 2.21. The fourth-order valence-corrected chi connectivity index (χ4v) is 3.19. The van der Waals surface area contributed by atoms with Gasteiger partial charge in [-0.1, -0.05) is 6.07 Å². The van der Waals surface area contributed by atoms with Gasteiger partial charge in [0, 0.05) is 20.1 Å². The minimum atomic E-state index is -0.471. The van der Waals surface area contributed by atoms with Gasteiger partial charge in [-0.25, -0.2) is 9.78 Å². The molecule has 0 bridgehead atoms. The second-order valence-corrected chi connectivity index (χ2v) is 6.93. The summed E-state index contributed by atoms with van der Waals surface area (Å²) in [6, 6.07) is 5.45. The van der Waals surface area contributed by atoms with E-state index < -0.39 is 6.09 Å². The Hall–Kier alpha value is -3.27. The van der Waals surface area contributed by atoms with Crippen molar-refractivity contribution in [3.05, 3.63) is 35.4 Å². The molecule has 10 nitrogen and oxygen atoms in total. The van der Waals surface area contributed by atoms with Crippen molar-refractivity contribution in [3.8, 4) is 11.5 Å². The molecule has 0 saturated carbocycles. The summed E-state index contributed by atoms with van der Waals surface area (Å²) < 4.78 is 17.6. The topological polar surface area (TPSA) is 112 Å². The molecule has 0 spiro atoms. The summed E-state index contributed by atoms with van der Waals surface area (Å²) in [7, 11) is 4.90. The number of fused-ring (bicyclic) bond motifs is 1. The highest BCUT2D eigenvalue weighted by Crippen LogP contribution is 2.27. The molecular weight excluding hydrogens is 424 g/mol. The van der Waals surface area contributed by atoms with Crippen LogP contribution in [-0.2, 0) is 17.8 Å². The van der Waals surface area contributed by atoms with Gasteiger partial charge in [-0.05, 0) is 42.1 Å². The summed E-state index contributed by atoms with van der Waals surface area (Å²) in [5, 5.41) is 5.84. The van der Waals surface area contributed by atoms with E-state index in [-0.39, 0.29) is 5.28 Å². The van der Waals surface area contributed by atoms with Gasteiger partial charge in [0.15, 0.2) is 28.5 Å². The second-order valence-electron chi connectivity index (χ2n) is 6.59. The third-order valence-electron chi connectivity index (χ3n) is 4.58. The van der Waals surface area contributed by atoms with Crippen LogP contribution in [0.25, 0.3) is 11.2 Å². The molecule has 0 unspecified atom stereocenters. The van der Waals surface area contributed by atoms with Gasteiger partial charge in [0.2, 0.25) is 5.28 Å². The second kappa shape index (κ2) is 10.7. The maximum absolute atomic E-state index is 11.9. The van der Waals surface area contributed by atoms with E-state index in [9.17, 15) is 4.79 Å². The van der Waals surface area contributed by atoms with E-state index in [1.165, 1.54) is 0 Å². The molecule has 2 N–H and O–H groups in total. The molecule has 0 aliphatic rings. The predicted octanol–water partition coefficient (Wildman–Crippen LogP) is 3.25. The molecule has 1 amide bonds. The van der Waals surface area contributed by atoms with Crippen LogP contribution in [0, 0.1) is 0 Å². The fourth-order valence-electron chi connectivity index (χ4n) is 3.02. The predicted molar refractivity (Wildman–Crippen MR) is 117 cm³/mol. The average molecular weight is 449 g/mol. The van der Waals surface area contributed by atoms with Crippen molar-refractivity contribution in [2.45, 2.75) is 25.9 Å². The number of aromatic nitrogens is 4. The monoisotopic (exact) mass is 448 g/mol. The normalized spacial score (nSPS) is 10.7. The zero-order valence-corrected chi connectivity index (χ0v) is 18.4. The first-order valence-corrected chi connectivity index (χ1v) is 10.1. The van der Waals surface area contributed by atoms with E-state index in [0.29, 0.717) is 54.6 Å². The first-order chi connectivity index (χ1) is 15.0. The number of anilines is 1. The zero-order chi connectivity index (χ0) is 22.2. The number of nitrogens with one attached hydrogen (secondary N) is 2. The number of nitrogens with zero attached hydrogens (tertiary/aromatic N) is 4. The Morgan fingerprint density at radius 1 is 1.16 bits per heavy atom. The third kappa shape index (κ3) is 5.66. The Balaban J connectivity index is 1.41. The molecular formula is C20H25ClN6O4. The van der Waals surface area contributed by atoms with Crippen molar-refractivity contribution in [2.75, 3.05) is 33.2 Å². The lowest BCUT2D eigenvalue weighted by Crippen LogP contribution is -2.24. The number of ether oxygens (including phenoxy) is 3. The molecule has 2 aromatic heterocycles. The van der Waals surface area contributed by atoms with Gasteiger partial charge in [-0.15, -0.1) is 0 Å². The van der Waals surface area contributed by atoms with Gasteiger partial charge in [-0.2, -0.15) is 9.97 Å². The molecule has 0 saturated heterocycles. The molecule has 0 aliphatic carbocycles. The molecule has 166 valence electrons. The number of carbonyl (C=O) groups is 1. The first-order valence-electron chi connectivity index (χ1n) is 9.73. The lowest BCUT2D eigenvalue weighted by Gasteiger charge is -2.11. The number of rotatable bonds is 10. The third-order valence-corrected chi connectivity index (χ3v) is 4.75. The number of halogens is 1. The van der Waals surface area contributed by atoms with Gasteiger partial charge in [0.05, 0.1) is 27.2 Å². The largest absolute Gasteiger partial charge is 0.493 e. The van der Waals surface area contributed by atoms with Gasteiger partial charge in [-0.3, -0.25) is 0 Å². The van der Waals surface area contributed by atoms with Crippen LogP contribution in [0.3, 0.4) is 0 Å². The van der Waals surface area contributed by atoms with E-state index in [1.807, 2.05) is 16.7 Å². The number of amides is 1. The molecule has 0 aliphatic heterocycles. The van der Waals surface area contributed by atoms with Crippen LogP contribution >= 0.6 is 11.6 Å². The Labute approximate surface area is 184 Å². The lowest BCUT2D eigenvalue weighted by molar-refractivity contribution is 0.143. The highest BCUT2D eigenvalue weighted by molar-refractivity contribution is 6.28. The number of unbranched alkanes of at least 4 members (excludes halogenated alkanes) is 1. The van der Waals surface area contributed by atoms with E-state index >= 15 is 0 Å². The van der Waals surface area contributed by atoms with Crippen LogP contribution in [0.5, 0.6) is 11.5 Å². The van der Waals surface area contributed by atoms with Crippen molar-refractivity contribution in [1.29, 1.82) is 0 Å². The SMILES string of the molecule is CNc1nc(Cl)nc2c1ncn2CCCCOC(=O)NCc1ccc(OC)c(OC)c1. The van der Waals surface area contributed by atoms with Crippen LogP contribution in [0.4, 0.5) is 10.6 Å². The van der Waals surface area contributed by atoms with E-state index in [4.69, 9.17) is 25.8 Å². The molecule has 0 fully saturated rings. The van der Waals surface area contributed by atoms with Crippen LogP contribution in [0.2, 0.25) is 5.28 Å². The fraction of sp³-hybridized carbons (Fsp3) is 0.400. The maximum Gasteiger partial charge on any atom is 0.407 e. The number of imidazole rings is 1. The zero-order valence-electron chi connectivity index (χ0n) is 17.6. The molecule has 11 heteroatoms. The smallest absolute Gasteiger partial charge is 0.407 e. The van der Waals surface area contributed by atoms with Crippen LogP contribution in [0.15, 0.2) is 24.5 Å². The van der Waals surface area contributed by atoms with Crippen molar-refractivity contribution in [2.24, 2.45) is 0 Å². The Kier molecular flexibility index (Phi) is 7.71. The number of alkyl carbamates (subject to hydrolysis) is 1. The van der Waals surface area contributed by atoms with E-state index in [2.05, 4.69) is 25.6 Å². The number of carbonyl (C=O) groups excluding carboxylic acids is 1. The number of hydrogen-bond donors (Lipinski definition) is 2. The summed E-state index contributed by atoms with van der Waals surface area (Å²) in [6.45, 7) is 1.31. The van der Waals surface area contributed by atoms with Gasteiger partial charge in [0.1, 0.15) is 0 Å². The van der Waals surface area contributed by atoms with Crippen LogP contribution in [-0.4, -0.2) is 53.5 Å². The van der Waals surface area contributed by atoms with Gasteiger partial charge >= 0.3 is 6.09 Å². The molecule has 1 aromatic carbocycles. The summed E-state index contributed by atoms with van der Waals surface area (Å²) in [6.07, 6.45) is 2.71. The number of benzene rings is 1. The van der Waals surface area contributed by atoms with Crippen molar-refractivity contribution in [1.82, 2.24) is 24.8 Å². The Morgan fingerprint density at radius 2 is 1.97 bits per heavy atom. The lowest BCUT2D eigenvalue weighted by atomic mass is 10.2. The van der Waals surface area contributed by atoms with Gasteiger partial charge < -0.3 is 29.4 Å². The van der Waals surface area contributed by atoms with E-state index in [0.717, 1.165) is 12.0 Å². The molecule has 0 atom stereocenters. The number of hydrogen-bond acceptors (Lipinski definition) is 8. The number of aryl methyl sites for hydroxylation is 1. The summed E-state index contributed by atoms with van der Waals surface area (Å²) in [5.74, 6) is 1.83. The molecule has 2 heterocycles. The molecule has 3 aromatic rings. The van der Waals surface area contributed by atoms with Crippen molar-refractivity contribution < 1.29 is 19.0 Å². The Morgan fingerprint density at radius 3 is 2.71 bits per heavy atom. The quantitative estimate of drug-likeness (QED) is 0.359. The van der Waals surface area contributed by atoms with Gasteiger partial charge in [0.25, 0.3) is 0 Å². The average Bonchev–Trinajstić information content (AvgIpc) is 3.19. The minimum Gasteiger partial charge on any atom is -0.493 e. The minimum absolute atomic E-state index is 0.160. The van der Waals surface area contributed by atoms with Crippen LogP contribution < -0.4 is 20.1 Å². The van der Waals surface area contributed by atoms with Crippen molar-refractivity contribution in [3.63, 3.8) is 0 Å². The highest BCUT2D eigenvalue weighted by atomic mass is 35.5. The Bertz CT molecular complexity index is 1040. The van der Waals surface area contributed by atoms with Crippen LogP contribution in [0.1, 0.15) is 18.4 Å². The summed E-state index contributed by atoms with van der Waals surface area (Å²) in [4.78, 5) is 24.6. The molecule has 0 radical (unpaired) electrons. The molecule has 31 heavy (non-hydrogen) atoms.